The second-order valence-electron chi connectivity index (χ2n) is 5.59. The topological polar surface area (TPSA) is 32.3 Å². The molecule has 114 valence electrons. The van der Waals surface area contributed by atoms with Crippen molar-refractivity contribution in [2.75, 3.05) is 18.4 Å². The molecule has 1 aliphatic rings. The number of carbonyl (C=O) groups is 1. The van der Waals surface area contributed by atoms with Gasteiger partial charge in [0.2, 0.25) is 0 Å². The van der Waals surface area contributed by atoms with E-state index in [-0.39, 0.29) is 11.7 Å². The summed E-state index contributed by atoms with van der Waals surface area (Å²) in [6, 6.07) is 16.4. The van der Waals surface area contributed by atoms with Crippen molar-refractivity contribution in [3.8, 4) is 0 Å². The molecular weight excluding hydrogens is 279 g/mol. The Labute approximate surface area is 129 Å². The van der Waals surface area contributed by atoms with E-state index in [9.17, 15) is 9.18 Å². The first-order valence-corrected chi connectivity index (χ1v) is 7.59. The average Bonchev–Trinajstić information content (AvgIpc) is 2.56. The molecule has 22 heavy (non-hydrogen) atoms. The number of rotatable bonds is 3. The fourth-order valence-corrected chi connectivity index (χ4v) is 2.80. The molecule has 0 radical (unpaired) electrons. The van der Waals surface area contributed by atoms with Crippen molar-refractivity contribution in [2.24, 2.45) is 0 Å². The smallest absolute Gasteiger partial charge is 0.253 e. The molecule has 1 saturated heterocycles. The number of hydrogen-bond acceptors (Lipinski definition) is 2. The molecule has 0 bridgehead atoms. The first-order chi connectivity index (χ1) is 10.7. The minimum Gasteiger partial charge on any atom is -0.382 e. The molecule has 0 aliphatic carbocycles. The fourth-order valence-electron chi connectivity index (χ4n) is 2.80. The van der Waals surface area contributed by atoms with Crippen LogP contribution in [0.15, 0.2) is 54.6 Å². The summed E-state index contributed by atoms with van der Waals surface area (Å²) >= 11 is 0. The van der Waals surface area contributed by atoms with E-state index in [1.165, 1.54) is 12.1 Å². The predicted molar refractivity (Wildman–Crippen MR) is 85.4 cm³/mol. The summed E-state index contributed by atoms with van der Waals surface area (Å²) in [5, 5.41) is 3.49. The van der Waals surface area contributed by atoms with Gasteiger partial charge in [0, 0.05) is 30.4 Å². The van der Waals surface area contributed by atoms with Crippen LogP contribution in [0, 0.1) is 5.82 Å². The lowest BCUT2D eigenvalue weighted by molar-refractivity contribution is 0.0718. The molecular formula is C18H19FN2O. The van der Waals surface area contributed by atoms with Crippen molar-refractivity contribution in [2.45, 2.75) is 18.9 Å². The van der Waals surface area contributed by atoms with Crippen LogP contribution in [0.1, 0.15) is 23.2 Å². The minimum atomic E-state index is -0.369. The molecule has 4 heteroatoms. The Morgan fingerprint density at radius 1 is 1.05 bits per heavy atom. The van der Waals surface area contributed by atoms with Crippen LogP contribution in [0.25, 0.3) is 0 Å². The maximum Gasteiger partial charge on any atom is 0.253 e. The van der Waals surface area contributed by atoms with E-state index in [1.807, 2.05) is 30.3 Å². The summed E-state index contributed by atoms with van der Waals surface area (Å²) in [5.74, 6) is -0.454. The molecule has 1 heterocycles. The Kier molecular flexibility index (Phi) is 4.37. The van der Waals surface area contributed by atoms with E-state index in [0.29, 0.717) is 24.7 Å². The zero-order valence-corrected chi connectivity index (χ0v) is 12.3. The second-order valence-corrected chi connectivity index (χ2v) is 5.59. The van der Waals surface area contributed by atoms with Gasteiger partial charge >= 0.3 is 0 Å². The van der Waals surface area contributed by atoms with Gasteiger partial charge in [-0.2, -0.15) is 0 Å². The number of piperidine rings is 1. The van der Waals surface area contributed by atoms with Crippen molar-refractivity contribution in [3.63, 3.8) is 0 Å². The van der Waals surface area contributed by atoms with Crippen molar-refractivity contribution in [1.82, 2.24) is 4.90 Å². The van der Waals surface area contributed by atoms with E-state index in [2.05, 4.69) is 5.32 Å². The Morgan fingerprint density at radius 3 is 2.45 bits per heavy atom. The number of likely N-dealkylation sites (tertiary alicyclic amines) is 1. The van der Waals surface area contributed by atoms with Gasteiger partial charge in [0.15, 0.2) is 0 Å². The highest BCUT2D eigenvalue weighted by molar-refractivity contribution is 5.94. The number of amides is 1. The second kappa shape index (κ2) is 6.60. The SMILES string of the molecule is O=C(c1cccc(F)c1)N1CCC(Nc2ccccc2)CC1. The molecule has 0 atom stereocenters. The van der Waals surface area contributed by atoms with Crippen LogP contribution in [-0.2, 0) is 0 Å². The molecule has 0 spiro atoms. The third-order valence-corrected chi connectivity index (χ3v) is 4.00. The van der Waals surface area contributed by atoms with Crippen LogP contribution in [0.5, 0.6) is 0 Å². The summed E-state index contributed by atoms with van der Waals surface area (Å²) in [6.07, 6.45) is 1.80. The average molecular weight is 298 g/mol. The van der Waals surface area contributed by atoms with Gasteiger partial charge in [-0.3, -0.25) is 4.79 Å². The van der Waals surface area contributed by atoms with Gasteiger partial charge in [0.1, 0.15) is 5.82 Å². The lowest BCUT2D eigenvalue weighted by Gasteiger charge is -2.33. The normalized spacial score (nSPS) is 15.6. The summed E-state index contributed by atoms with van der Waals surface area (Å²) in [7, 11) is 0. The Morgan fingerprint density at radius 2 is 1.77 bits per heavy atom. The van der Waals surface area contributed by atoms with Gasteiger partial charge in [-0.15, -0.1) is 0 Å². The lowest BCUT2D eigenvalue weighted by atomic mass is 10.0. The van der Waals surface area contributed by atoms with Crippen LogP contribution in [0.2, 0.25) is 0 Å². The van der Waals surface area contributed by atoms with E-state index in [1.54, 1.807) is 17.0 Å². The summed E-state index contributed by atoms with van der Waals surface area (Å²) < 4.78 is 13.2. The van der Waals surface area contributed by atoms with Crippen LogP contribution < -0.4 is 5.32 Å². The van der Waals surface area contributed by atoms with Crippen molar-refractivity contribution >= 4 is 11.6 Å². The van der Waals surface area contributed by atoms with Crippen molar-refractivity contribution < 1.29 is 9.18 Å². The number of carbonyl (C=O) groups excluding carboxylic acids is 1. The fraction of sp³-hybridized carbons (Fsp3) is 0.278. The van der Waals surface area contributed by atoms with Crippen LogP contribution in [0.3, 0.4) is 0 Å². The zero-order chi connectivity index (χ0) is 15.4. The monoisotopic (exact) mass is 298 g/mol. The van der Waals surface area contributed by atoms with Gasteiger partial charge in [-0.25, -0.2) is 4.39 Å². The first kappa shape index (κ1) is 14.6. The van der Waals surface area contributed by atoms with Gasteiger partial charge in [-0.05, 0) is 43.2 Å². The first-order valence-electron chi connectivity index (χ1n) is 7.59. The molecule has 1 amide bonds. The Balaban J connectivity index is 1.56. The summed E-state index contributed by atoms with van der Waals surface area (Å²) in [5.41, 5.74) is 1.53. The molecule has 1 aliphatic heterocycles. The number of hydrogen-bond donors (Lipinski definition) is 1. The molecule has 0 unspecified atom stereocenters. The number of para-hydroxylation sites is 1. The standard InChI is InChI=1S/C18H19FN2O/c19-15-6-4-5-14(13-15)18(22)21-11-9-17(10-12-21)20-16-7-2-1-3-8-16/h1-8,13,17,20H,9-12H2. The largest absolute Gasteiger partial charge is 0.382 e. The quantitative estimate of drug-likeness (QED) is 0.940. The van der Waals surface area contributed by atoms with Gasteiger partial charge < -0.3 is 10.2 Å². The minimum absolute atomic E-state index is 0.0855. The van der Waals surface area contributed by atoms with Crippen LogP contribution in [0.4, 0.5) is 10.1 Å². The van der Waals surface area contributed by atoms with Crippen molar-refractivity contribution in [1.29, 1.82) is 0 Å². The number of nitrogens with zero attached hydrogens (tertiary/aromatic N) is 1. The molecule has 1 N–H and O–H groups in total. The molecule has 3 rings (SSSR count). The number of anilines is 1. The van der Waals surface area contributed by atoms with Gasteiger partial charge in [0.05, 0.1) is 0 Å². The lowest BCUT2D eigenvalue weighted by Crippen LogP contribution is -2.42. The molecule has 0 aromatic heterocycles. The maximum absolute atomic E-state index is 13.2. The van der Waals surface area contributed by atoms with E-state index in [4.69, 9.17) is 0 Å². The van der Waals surface area contributed by atoms with Gasteiger partial charge in [-0.1, -0.05) is 24.3 Å². The van der Waals surface area contributed by atoms with Gasteiger partial charge in [0.25, 0.3) is 5.91 Å². The molecule has 0 saturated carbocycles. The van der Waals surface area contributed by atoms with Crippen LogP contribution in [-0.4, -0.2) is 29.9 Å². The zero-order valence-electron chi connectivity index (χ0n) is 12.3. The third kappa shape index (κ3) is 3.45. The van der Waals surface area contributed by atoms with E-state index in [0.717, 1.165) is 18.5 Å². The van der Waals surface area contributed by atoms with Crippen LogP contribution >= 0.6 is 0 Å². The molecule has 1 fully saturated rings. The highest BCUT2D eigenvalue weighted by Crippen LogP contribution is 2.18. The van der Waals surface area contributed by atoms with E-state index < -0.39 is 0 Å². The van der Waals surface area contributed by atoms with E-state index >= 15 is 0 Å². The highest BCUT2D eigenvalue weighted by atomic mass is 19.1. The van der Waals surface area contributed by atoms with Crippen molar-refractivity contribution in [3.05, 3.63) is 66.0 Å². The predicted octanol–water partition coefficient (Wildman–Crippen LogP) is 3.54. The number of nitrogens with one attached hydrogen (secondary N) is 1. The summed E-state index contributed by atoms with van der Waals surface area (Å²) in [6.45, 7) is 1.39. The number of benzene rings is 2. The third-order valence-electron chi connectivity index (χ3n) is 4.00. The summed E-state index contributed by atoms with van der Waals surface area (Å²) in [4.78, 5) is 14.2. The Bertz CT molecular complexity index is 637. The maximum atomic E-state index is 13.2. The highest BCUT2D eigenvalue weighted by Gasteiger charge is 2.23. The molecule has 3 nitrogen and oxygen atoms in total. The molecule has 2 aromatic carbocycles. The number of halogens is 1. The Hall–Kier alpha value is -2.36. The molecule has 2 aromatic rings.